The average molecular weight is 339 g/mol. The van der Waals surface area contributed by atoms with Gasteiger partial charge in [0.2, 0.25) is 0 Å². The third-order valence-corrected chi connectivity index (χ3v) is 3.50. The third-order valence-electron chi connectivity index (χ3n) is 3.50. The Hall–Kier alpha value is -2.05. The Morgan fingerprint density at radius 2 is 1.62 bits per heavy atom. The largest absolute Gasteiger partial charge is 0.486 e. The number of halogens is 3. The molecule has 0 aliphatic carbocycles. The highest BCUT2D eigenvalue weighted by atomic mass is 19.4. The molecule has 130 valence electrons. The first-order valence-electron chi connectivity index (χ1n) is 7.71. The molecule has 0 bridgehead atoms. The maximum Gasteiger partial charge on any atom is 0.416 e. The van der Waals surface area contributed by atoms with E-state index in [1.807, 2.05) is 30.3 Å². The van der Waals surface area contributed by atoms with Gasteiger partial charge in [0, 0.05) is 13.0 Å². The van der Waals surface area contributed by atoms with Crippen molar-refractivity contribution >= 4 is 0 Å². The lowest BCUT2D eigenvalue weighted by Crippen LogP contribution is -2.22. The standard InChI is InChI=1S/C18H20F3NO2/c19-18(20,21)15-6-8-16(9-7-15)24-17(10-11-22-12-13-23)14-4-2-1-3-5-14/h1-9,17,22-23H,10-13H2. The van der Waals surface area contributed by atoms with E-state index in [1.165, 1.54) is 12.1 Å². The van der Waals surface area contributed by atoms with Crippen LogP contribution in [0.4, 0.5) is 13.2 Å². The first-order chi connectivity index (χ1) is 11.5. The fourth-order valence-electron chi connectivity index (χ4n) is 2.29. The summed E-state index contributed by atoms with van der Waals surface area (Å²) in [6.45, 7) is 1.16. The third kappa shape index (κ3) is 5.54. The molecular weight excluding hydrogens is 319 g/mol. The zero-order valence-electron chi connectivity index (χ0n) is 13.1. The van der Waals surface area contributed by atoms with Crippen molar-refractivity contribution in [1.82, 2.24) is 5.32 Å². The molecule has 0 saturated carbocycles. The molecule has 1 unspecified atom stereocenters. The smallest absolute Gasteiger partial charge is 0.416 e. The second kappa shape index (κ2) is 8.70. The normalized spacial score (nSPS) is 12.8. The predicted octanol–water partition coefficient (Wildman–Crippen LogP) is 3.80. The summed E-state index contributed by atoms with van der Waals surface area (Å²) in [5.41, 5.74) is 0.249. The van der Waals surface area contributed by atoms with E-state index < -0.39 is 11.7 Å². The molecule has 0 aromatic heterocycles. The molecule has 2 aromatic carbocycles. The van der Waals surface area contributed by atoms with Crippen molar-refractivity contribution in [2.24, 2.45) is 0 Å². The molecule has 0 heterocycles. The van der Waals surface area contributed by atoms with Crippen LogP contribution in [0.5, 0.6) is 5.75 Å². The summed E-state index contributed by atoms with van der Waals surface area (Å²) < 4.78 is 43.7. The number of alkyl halides is 3. The van der Waals surface area contributed by atoms with Crippen LogP contribution in [0.2, 0.25) is 0 Å². The second-order valence-electron chi connectivity index (χ2n) is 5.30. The van der Waals surface area contributed by atoms with Crippen LogP contribution in [0, 0.1) is 0 Å². The molecule has 0 amide bonds. The zero-order valence-corrected chi connectivity index (χ0v) is 13.1. The van der Waals surface area contributed by atoms with Gasteiger partial charge in [-0.2, -0.15) is 13.2 Å². The van der Waals surface area contributed by atoms with Crippen LogP contribution < -0.4 is 10.1 Å². The second-order valence-corrected chi connectivity index (χ2v) is 5.30. The van der Waals surface area contributed by atoms with Gasteiger partial charge in [0.25, 0.3) is 0 Å². The van der Waals surface area contributed by atoms with Gasteiger partial charge in [-0.05, 0) is 36.4 Å². The molecule has 1 atom stereocenters. The number of aliphatic hydroxyl groups is 1. The molecule has 2 aromatic rings. The van der Waals surface area contributed by atoms with Crippen LogP contribution >= 0.6 is 0 Å². The molecule has 0 radical (unpaired) electrons. The minimum absolute atomic E-state index is 0.0514. The lowest BCUT2D eigenvalue weighted by Gasteiger charge is -2.20. The molecule has 0 fully saturated rings. The number of rotatable bonds is 8. The molecular formula is C18H20F3NO2. The van der Waals surface area contributed by atoms with Crippen LogP contribution in [0.15, 0.2) is 54.6 Å². The molecule has 3 nitrogen and oxygen atoms in total. The van der Waals surface area contributed by atoms with Gasteiger partial charge < -0.3 is 15.2 Å². The SMILES string of the molecule is OCCNCCC(Oc1ccc(C(F)(F)F)cc1)c1ccccc1. The highest BCUT2D eigenvalue weighted by Crippen LogP contribution is 2.31. The zero-order chi connectivity index (χ0) is 17.4. The number of hydrogen-bond acceptors (Lipinski definition) is 3. The minimum Gasteiger partial charge on any atom is -0.486 e. The summed E-state index contributed by atoms with van der Waals surface area (Å²) in [6, 6.07) is 14.2. The Morgan fingerprint density at radius 3 is 2.21 bits per heavy atom. The number of hydrogen-bond donors (Lipinski definition) is 2. The van der Waals surface area contributed by atoms with Gasteiger partial charge in [-0.15, -0.1) is 0 Å². The maximum absolute atomic E-state index is 12.6. The van der Waals surface area contributed by atoms with Gasteiger partial charge in [-0.1, -0.05) is 30.3 Å². The summed E-state index contributed by atoms with van der Waals surface area (Å²) in [6.07, 6.45) is -4.01. The molecule has 0 saturated heterocycles. The van der Waals surface area contributed by atoms with Crippen molar-refractivity contribution in [3.05, 3.63) is 65.7 Å². The Labute approximate surface area is 139 Å². The van der Waals surface area contributed by atoms with Crippen molar-refractivity contribution in [1.29, 1.82) is 0 Å². The number of ether oxygens (including phenoxy) is 1. The Kier molecular flexibility index (Phi) is 6.63. The van der Waals surface area contributed by atoms with E-state index in [-0.39, 0.29) is 12.7 Å². The van der Waals surface area contributed by atoms with Gasteiger partial charge in [0.1, 0.15) is 11.9 Å². The average Bonchev–Trinajstić information content (AvgIpc) is 2.58. The van der Waals surface area contributed by atoms with Gasteiger partial charge in [0.15, 0.2) is 0 Å². The van der Waals surface area contributed by atoms with E-state index in [0.29, 0.717) is 25.3 Å². The first kappa shape index (κ1) is 18.3. The molecule has 0 aliphatic rings. The monoisotopic (exact) mass is 339 g/mol. The summed E-state index contributed by atoms with van der Waals surface area (Å²) in [5.74, 6) is 0.388. The van der Waals surface area contributed by atoms with Crippen LogP contribution in [0.3, 0.4) is 0 Å². The van der Waals surface area contributed by atoms with Gasteiger partial charge in [-0.3, -0.25) is 0 Å². The number of aliphatic hydroxyl groups excluding tert-OH is 1. The quantitative estimate of drug-likeness (QED) is 0.719. The van der Waals surface area contributed by atoms with Gasteiger partial charge in [0.05, 0.1) is 12.2 Å². The Morgan fingerprint density at radius 1 is 0.958 bits per heavy atom. The van der Waals surface area contributed by atoms with E-state index >= 15 is 0 Å². The number of nitrogens with one attached hydrogen (secondary N) is 1. The topological polar surface area (TPSA) is 41.5 Å². The molecule has 0 aliphatic heterocycles. The minimum atomic E-state index is -4.36. The van der Waals surface area contributed by atoms with Crippen LogP contribution in [0.25, 0.3) is 0 Å². The van der Waals surface area contributed by atoms with E-state index in [9.17, 15) is 13.2 Å². The highest BCUT2D eigenvalue weighted by Gasteiger charge is 2.30. The lowest BCUT2D eigenvalue weighted by molar-refractivity contribution is -0.137. The van der Waals surface area contributed by atoms with Crippen LogP contribution in [-0.2, 0) is 6.18 Å². The Balaban J connectivity index is 2.07. The van der Waals surface area contributed by atoms with Gasteiger partial charge >= 0.3 is 6.18 Å². The predicted molar refractivity (Wildman–Crippen MR) is 85.8 cm³/mol. The van der Waals surface area contributed by atoms with Crippen molar-refractivity contribution < 1.29 is 23.0 Å². The summed E-state index contributed by atoms with van der Waals surface area (Å²) >= 11 is 0. The summed E-state index contributed by atoms with van der Waals surface area (Å²) in [5, 5.41) is 11.9. The molecule has 2 N–H and O–H groups in total. The van der Waals surface area contributed by atoms with E-state index in [2.05, 4.69) is 5.32 Å². The lowest BCUT2D eigenvalue weighted by atomic mass is 10.1. The summed E-state index contributed by atoms with van der Waals surface area (Å²) in [4.78, 5) is 0. The fraction of sp³-hybridized carbons (Fsp3) is 0.333. The summed E-state index contributed by atoms with van der Waals surface area (Å²) in [7, 11) is 0. The highest BCUT2D eigenvalue weighted by molar-refractivity contribution is 5.30. The first-order valence-corrected chi connectivity index (χ1v) is 7.71. The molecule has 2 rings (SSSR count). The van der Waals surface area contributed by atoms with Gasteiger partial charge in [-0.25, -0.2) is 0 Å². The van der Waals surface area contributed by atoms with Crippen LogP contribution in [-0.4, -0.2) is 24.8 Å². The van der Waals surface area contributed by atoms with Crippen molar-refractivity contribution in [2.75, 3.05) is 19.7 Å². The van der Waals surface area contributed by atoms with E-state index in [1.54, 1.807) is 0 Å². The van der Waals surface area contributed by atoms with Crippen molar-refractivity contribution in [3.63, 3.8) is 0 Å². The van der Waals surface area contributed by atoms with Crippen LogP contribution in [0.1, 0.15) is 23.7 Å². The molecule has 24 heavy (non-hydrogen) atoms. The van der Waals surface area contributed by atoms with E-state index in [4.69, 9.17) is 9.84 Å². The van der Waals surface area contributed by atoms with Crippen molar-refractivity contribution in [2.45, 2.75) is 18.7 Å². The molecule has 6 heteroatoms. The maximum atomic E-state index is 12.6. The Bertz CT molecular complexity index is 600. The molecule has 0 spiro atoms. The van der Waals surface area contributed by atoms with E-state index in [0.717, 1.165) is 17.7 Å². The number of benzene rings is 2. The fourth-order valence-corrected chi connectivity index (χ4v) is 2.29. The van der Waals surface area contributed by atoms with Crippen molar-refractivity contribution in [3.8, 4) is 5.75 Å².